The lowest BCUT2D eigenvalue weighted by atomic mass is 10.1. The molecule has 23 heavy (non-hydrogen) atoms. The van der Waals surface area contributed by atoms with Crippen LogP contribution in [0.25, 0.3) is 0 Å². The molecule has 2 rings (SSSR count). The van der Waals surface area contributed by atoms with E-state index < -0.39 is 0 Å². The second-order valence-corrected chi connectivity index (χ2v) is 5.27. The molecule has 1 amide bonds. The number of hydrogen-bond acceptors (Lipinski definition) is 3. The largest absolute Gasteiger partial charge is 0.494 e. The van der Waals surface area contributed by atoms with Crippen molar-refractivity contribution in [1.82, 2.24) is 5.32 Å². The second kappa shape index (κ2) is 9.51. The van der Waals surface area contributed by atoms with Gasteiger partial charge in [-0.2, -0.15) is 0 Å². The monoisotopic (exact) mass is 312 g/mol. The molecule has 2 aromatic rings. The molecule has 0 unspecified atom stereocenters. The molecule has 4 nitrogen and oxygen atoms in total. The van der Waals surface area contributed by atoms with Gasteiger partial charge in [0.25, 0.3) is 0 Å². The first-order valence-corrected chi connectivity index (χ1v) is 8.05. The van der Waals surface area contributed by atoms with Crippen LogP contribution in [-0.2, 0) is 11.2 Å². The molecule has 0 aliphatic carbocycles. The molecule has 0 aliphatic heterocycles. The second-order valence-electron chi connectivity index (χ2n) is 5.27. The molecule has 0 aliphatic rings. The van der Waals surface area contributed by atoms with E-state index in [0.717, 1.165) is 24.3 Å². The molecule has 0 fully saturated rings. The van der Waals surface area contributed by atoms with Crippen molar-refractivity contribution in [3.63, 3.8) is 0 Å². The molecule has 0 heterocycles. The molecule has 0 aromatic heterocycles. The van der Waals surface area contributed by atoms with Gasteiger partial charge >= 0.3 is 0 Å². The Labute approximate surface area is 137 Å². The van der Waals surface area contributed by atoms with E-state index >= 15 is 0 Å². The van der Waals surface area contributed by atoms with E-state index in [0.29, 0.717) is 13.2 Å². The van der Waals surface area contributed by atoms with E-state index in [-0.39, 0.29) is 12.5 Å². The van der Waals surface area contributed by atoms with Crippen molar-refractivity contribution >= 4 is 11.6 Å². The SMILES string of the molecule is CCNC(=O)CNc1cccc(OCCCc2ccccc2)c1. The van der Waals surface area contributed by atoms with Crippen LogP contribution in [0, 0.1) is 0 Å². The highest BCUT2D eigenvalue weighted by Gasteiger charge is 2.01. The van der Waals surface area contributed by atoms with Crippen molar-refractivity contribution in [2.24, 2.45) is 0 Å². The Kier molecular flexibility index (Phi) is 6.98. The average molecular weight is 312 g/mol. The summed E-state index contributed by atoms with van der Waals surface area (Å²) in [5.41, 5.74) is 2.21. The molecule has 0 atom stereocenters. The van der Waals surface area contributed by atoms with E-state index in [2.05, 4.69) is 34.9 Å². The third-order valence-electron chi connectivity index (χ3n) is 3.38. The van der Waals surface area contributed by atoms with Gasteiger partial charge in [0.05, 0.1) is 13.2 Å². The van der Waals surface area contributed by atoms with E-state index in [4.69, 9.17) is 4.74 Å². The molecule has 0 spiro atoms. The van der Waals surface area contributed by atoms with Crippen LogP contribution >= 0.6 is 0 Å². The number of carbonyl (C=O) groups is 1. The molecule has 0 radical (unpaired) electrons. The van der Waals surface area contributed by atoms with Crippen LogP contribution in [0.1, 0.15) is 18.9 Å². The first kappa shape index (κ1) is 16.9. The van der Waals surface area contributed by atoms with Gasteiger partial charge in [-0.1, -0.05) is 36.4 Å². The number of carbonyl (C=O) groups excluding carboxylic acids is 1. The average Bonchev–Trinajstić information content (AvgIpc) is 2.59. The predicted octanol–water partition coefficient (Wildman–Crippen LogP) is 3.25. The van der Waals surface area contributed by atoms with Crippen molar-refractivity contribution in [2.75, 3.05) is 25.0 Å². The number of aryl methyl sites for hydroxylation is 1. The zero-order chi connectivity index (χ0) is 16.3. The summed E-state index contributed by atoms with van der Waals surface area (Å²) in [6.07, 6.45) is 1.98. The lowest BCUT2D eigenvalue weighted by Crippen LogP contribution is -2.29. The number of rotatable bonds is 9. The molecule has 2 aromatic carbocycles. The molecule has 0 bridgehead atoms. The standard InChI is InChI=1S/C19H24N2O2/c1-2-20-19(22)15-21-17-11-6-12-18(14-17)23-13-7-10-16-8-4-3-5-9-16/h3-6,8-9,11-12,14,21H,2,7,10,13,15H2,1H3,(H,20,22). The number of anilines is 1. The lowest BCUT2D eigenvalue weighted by Gasteiger charge is -2.10. The number of hydrogen-bond donors (Lipinski definition) is 2. The van der Waals surface area contributed by atoms with E-state index in [1.165, 1.54) is 5.56 Å². The number of nitrogens with one attached hydrogen (secondary N) is 2. The maximum absolute atomic E-state index is 11.4. The maximum Gasteiger partial charge on any atom is 0.239 e. The smallest absolute Gasteiger partial charge is 0.239 e. The van der Waals surface area contributed by atoms with Crippen molar-refractivity contribution < 1.29 is 9.53 Å². The highest BCUT2D eigenvalue weighted by molar-refractivity contribution is 5.80. The zero-order valence-corrected chi connectivity index (χ0v) is 13.5. The Bertz CT molecular complexity index is 599. The number of amides is 1. The summed E-state index contributed by atoms with van der Waals surface area (Å²) in [7, 11) is 0. The summed E-state index contributed by atoms with van der Waals surface area (Å²) in [4.78, 5) is 11.4. The summed E-state index contributed by atoms with van der Waals surface area (Å²) < 4.78 is 5.78. The van der Waals surface area contributed by atoms with Crippen LogP contribution in [0.15, 0.2) is 54.6 Å². The normalized spacial score (nSPS) is 10.1. The molecule has 0 saturated heterocycles. The van der Waals surface area contributed by atoms with Gasteiger partial charge in [-0.05, 0) is 37.5 Å². The third-order valence-corrected chi connectivity index (χ3v) is 3.38. The minimum Gasteiger partial charge on any atom is -0.494 e. The van der Waals surface area contributed by atoms with Crippen molar-refractivity contribution in [3.05, 3.63) is 60.2 Å². The number of likely N-dealkylation sites (N-methyl/N-ethyl adjacent to an activating group) is 1. The third kappa shape index (κ3) is 6.43. The summed E-state index contributed by atoms with van der Waals surface area (Å²) in [5.74, 6) is 0.806. The van der Waals surface area contributed by atoms with E-state index in [1.807, 2.05) is 37.3 Å². The summed E-state index contributed by atoms with van der Waals surface area (Å²) >= 11 is 0. The molecule has 122 valence electrons. The summed E-state index contributed by atoms with van der Waals surface area (Å²) in [6.45, 7) is 3.49. The first-order chi connectivity index (χ1) is 11.3. The summed E-state index contributed by atoms with van der Waals surface area (Å²) in [5, 5.41) is 5.85. The highest BCUT2D eigenvalue weighted by Crippen LogP contribution is 2.17. The van der Waals surface area contributed by atoms with Gasteiger partial charge in [-0.15, -0.1) is 0 Å². The van der Waals surface area contributed by atoms with Crippen LogP contribution in [-0.4, -0.2) is 25.6 Å². The van der Waals surface area contributed by atoms with Gasteiger partial charge < -0.3 is 15.4 Å². The Morgan fingerprint density at radius 2 is 1.91 bits per heavy atom. The molecule has 4 heteroatoms. The van der Waals surface area contributed by atoms with Crippen molar-refractivity contribution in [1.29, 1.82) is 0 Å². The summed E-state index contributed by atoms with van der Waals surface area (Å²) in [6, 6.07) is 18.1. The molecular formula is C19H24N2O2. The van der Waals surface area contributed by atoms with E-state index in [1.54, 1.807) is 0 Å². The fourth-order valence-electron chi connectivity index (χ4n) is 2.25. The van der Waals surface area contributed by atoms with Crippen LogP contribution in [0.5, 0.6) is 5.75 Å². The maximum atomic E-state index is 11.4. The fourth-order valence-corrected chi connectivity index (χ4v) is 2.25. The fraction of sp³-hybridized carbons (Fsp3) is 0.316. The van der Waals surface area contributed by atoms with Crippen LogP contribution < -0.4 is 15.4 Å². The van der Waals surface area contributed by atoms with Gasteiger partial charge in [0.15, 0.2) is 0 Å². The van der Waals surface area contributed by atoms with Crippen LogP contribution in [0.4, 0.5) is 5.69 Å². The molecular weight excluding hydrogens is 288 g/mol. The van der Waals surface area contributed by atoms with Crippen molar-refractivity contribution in [2.45, 2.75) is 19.8 Å². The van der Waals surface area contributed by atoms with Gasteiger partial charge in [0, 0.05) is 18.3 Å². The topological polar surface area (TPSA) is 50.4 Å². The Morgan fingerprint density at radius 3 is 2.70 bits per heavy atom. The Morgan fingerprint density at radius 1 is 1.09 bits per heavy atom. The van der Waals surface area contributed by atoms with Crippen molar-refractivity contribution in [3.8, 4) is 5.75 Å². The van der Waals surface area contributed by atoms with Gasteiger partial charge in [-0.25, -0.2) is 0 Å². The number of ether oxygens (including phenoxy) is 1. The minimum absolute atomic E-state index is 0.0123. The van der Waals surface area contributed by atoms with Gasteiger partial charge in [0.2, 0.25) is 5.91 Å². The zero-order valence-electron chi connectivity index (χ0n) is 13.5. The van der Waals surface area contributed by atoms with Crippen LogP contribution in [0.2, 0.25) is 0 Å². The molecule has 2 N–H and O–H groups in total. The molecule has 0 saturated carbocycles. The Balaban J connectivity index is 1.73. The quantitative estimate of drug-likeness (QED) is 0.699. The minimum atomic E-state index is -0.0123. The number of benzene rings is 2. The lowest BCUT2D eigenvalue weighted by molar-refractivity contribution is -0.119. The first-order valence-electron chi connectivity index (χ1n) is 8.05. The van der Waals surface area contributed by atoms with E-state index in [9.17, 15) is 4.79 Å². The Hall–Kier alpha value is -2.49. The van der Waals surface area contributed by atoms with Gasteiger partial charge in [-0.3, -0.25) is 4.79 Å². The predicted molar refractivity (Wildman–Crippen MR) is 93.9 cm³/mol. The van der Waals surface area contributed by atoms with Gasteiger partial charge in [0.1, 0.15) is 5.75 Å². The highest BCUT2D eigenvalue weighted by atomic mass is 16.5. The van der Waals surface area contributed by atoms with Crippen LogP contribution in [0.3, 0.4) is 0 Å².